The third-order valence-electron chi connectivity index (χ3n) is 8.35. The third kappa shape index (κ3) is 4.96. The number of imidazole rings is 1. The summed E-state index contributed by atoms with van der Waals surface area (Å²) in [7, 11) is 0. The molecule has 4 aromatic heterocycles. The monoisotopic (exact) mass is 551 g/mol. The quantitative estimate of drug-likeness (QED) is 0.346. The second-order valence-electron chi connectivity index (χ2n) is 11.6. The van der Waals surface area contributed by atoms with Crippen molar-refractivity contribution in [1.82, 2.24) is 29.7 Å². The lowest BCUT2D eigenvalue weighted by molar-refractivity contribution is 0.191. The highest BCUT2D eigenvalue weighted by Gasteiger charge is 2.37. The first-order valence-corrected chi connectivity index (χ1v) is 14.2. The van der Waals surface area contributed by atoms with E-state index in [1.54, 1.807) is 18.6 Å². The first kappa shape index (κ1) is 26.0. The molecular weight excluding hydrogens is 518 g/mol. The summed E-state index contributed by atoms with van der Waals surface area (Å²) in [5.41, 5.74) is 3.55. The Balaban J connectivity index is 1.61. The van der Waals surface area contributed by atoms with E-state index in [9.17, 15) is 9.90 Å². The van der Waals surface area contributed by atoms with E-state index < -0.39 is 11.9 Å². The number of nitrogens with one attached hydrogen (secondary N) is 1. The molecule has 39 heavy (non-hydrogen) atoms. The highest BCUT2D eigenvalue weighted by Crippen LogP contribution is 2.40. The molecule has 2 atom stereocenters. The van der Waals surface area contributed by atoms with Crippen molar-refractivity contribution in [3.05, 3.63) is 40.2 Å². The number of nitrogens with zero attached hydrogens (tertiary/aromatic N) is 6. The van der Waals surface area contributed by atoms with Crippen molar-refractivity contribution < 1.29 is 9.63 Å². The maximum atomic E-state index is 11.9. The number of anilines is 1. The number of H-pyrrole nitrogens is 1. The summed E-state index contributed by atoms with van der Waals surface area (Å²) in [6.45, 7) is 7.97. The number of fused-ring (bicyclic) bond motifs is 1. The lowest BCUT2D eigenvalue weighted by Gasteiger charge is -2.31. The van der Waals surface area contributed by atoms with E-state index in [4.69, 9.17) is 26.1 Å². The van der Waals surface area contributed by atoms with E-state index in [0.29, 0.717) is 46.6 Å². The molecular formula is C28H34ClN7O3. The van der Waals surface area contributed by atoms with Crippen molar-refractivity contribution in [2.24, 2.45) is 17.8 Å². The Morgan fingerprint density at radius 3 is 2.69 bits per heavy atom. The summed E-state index contributed by atoms with van der Waals surface area (Å²) >= 11 is 6.35. The molecule has 2 aliphatic rings. The van der Waals surface area contributed by atoms with E-state index >= 15 is 0 Å². The zero-order chi connectivity index (χ0) is 27.3. The van der Waals surface area contributed by atoms with Gasteiger partial charge in [-0.2, -0.15) is 0 Å². The standard InChI is InChI=1S/C28H34ClN7O3/c1-15(2)22-9-20(37)14-35(22)27-32-24-21(26-33-28(38)39-34-26)12-31-23(18-8-19(29)11-30-10-18)25(24)36(27)13-17-6-4-16(3)5-7-17/h8,10-12,15-17,20,22,37H,4-7,9,13-14H2,1-3H3,(H,33,34,38)/t16?,17?,20-,22+/m1/s1. The van der Waals surface area contributed by atoms with Crippen LogP contribution >= 0.6 is 11.6 Å². The molecule has 0 radical (unpaired) electrons. The van der Waals surface area contributed by atoms with Gasteiger partial charge in [0.05, 0.1) is 27.9 Å². The van der Waals surface area contributed by atoms with Crippen LogP contribution in [-0.4, -0.2) is 53.5 Å². The molecule has 1 aliphatic heterocycles. The van der Waals surface area contributed by atoms with Gasteiger partial charge in [-0.3, -0.25) is 19.5 Å². The number of aliphatic hydroxyl groups excluding tert-OH is 1. The Labute approximate surface area is 231 Å². The molecule has 5 heterocycles. The minimum atomic E-state index is -0.639. The van der Waals surface area contributed by atoms with Gasteiger partial charge < -0.3 is 14.6 Å². The topological polar surface area (TPSA) is 126 Å². The average Bonchev–Trinajstić information content (AvgIpc) is 3.62. The molecule has 2 N–H and O–H groups in total. The van der Waals surface area contributed by atoms with Crippen molar-refractivity contribution in [3.8, 4) is 22.6 Å². The van der Waals surface area contributed by atoms with Gasteiger partial charge in [-0.25, -0.2) is 9.78 Å². The number of aliphatic hydroxyl groups is 1. The lowest BCUT2D eigenvalue weighted by Crippen LogP contribution is -2.36. The van der Waals surface area contributed by atoms with Gasteiger partial charge in [-0.1, -0.05) is 50.4 Å². The van der Waals surface area contributed by atoms with Crippen LogP contribution in [0.4, 0.5) is 5.95 Å². The van der Waals surface area contributed by atoms with Gasteiger partial charge in [0.25, 0.3) is 0 Å². The summed E-state index contributed by atoms with van der Waals surface area (Å²) in [6.07, 6.45) is 9.98. The predicted molar refractivity (Wildman–Crippen MR) is 150 cm³/mol. The molecule has 6 rings (SSSR count). The Hall–Kier alpha value is -3.24. The molecule has 0 spiro atoms. The average molecular weight is 552 g/mol. The van der Waals surface area contributed by atoms with Crippen LogP contribution in [0.3, 0.4) is 0 Å². The zero-order valence-electron chi connectivity index (χ0n) is 22.5. The fourth-order valence-corrected chi connectivity index (χ4v) is 6.43. The van der Waals surface area contributed by atoms with Crippen LogP contribution in [0.25, 0.3) is 33.7 Å². The molecule has 10 nitrogen and oxygen atoms in total. The summed E-state index contributed by atoms with van der Waals surface area (Å²) in [4.78, 5) is 31.1. The Morgan fingerprint density at radius 1 is 1.21 bits per heavy atom. The van der Waals surface area contributed by atoms with Crippen molar-refractivity contribution in [2.45, 2.75) is 71.6 Å². The second-order valence-corrected chi connectivity index (χ2v) is 12.0. The number of β-amino-alcohol motifs (C(OH)–C–C–N with tert-alkyl or cyclic N) is 1. The largest absolute Gasteiger partial charge is 0.439 e. The summed E-state index contributed by atoms with van der Waals surface area (Å²) in [6, 6.07) is 1.99. The molecule has 1 aliphatic carbocycles. The highest BCUT2D eigenvalue weighted by molar-refractivity contribution is 6.30. The van der Waals surface area contributed by atoms with Gasteiger partial charge in [0.15, 0.2) is 5.82 Å². The molecule has 2 fully saturated rings. The molecule has 1 saturated carbocycles. The van der Waals surface area contributed by atoms with E-state index in [2.05, 4.69) is 45.4 Å². The highest BCUT2D eigenvalue weighted by atomic mass is 35.5. The number of rotatable bonds is 6. The number of hydrogen-bond acceptors (Lipinski definition) is 8. The van der Waals surface area contributed by atoms with Gasteiger partial charge in [0.2, 0.25) is 5.95 Å². The van der Waals surface area contributed by atoms with Crippen molar-refractivity contribution in [2.75, 3.05) is 11.4 Å². The second kappa shape index (κ2) is 10.4. The third-order valence-corrected chi connectivity index (χ3v) is 8.55. The van der Waals surface area contributed by atoms with Gasteiger partial charge in [0, 0.05) is 43.3 Å². The van der Waals surface area contributed by atoms with Crippen molar-refractivity contribution >= 4 is 28.6 Å². The van der Waals surface area contributed by atoms with Crippen LogP contribution in [-0.2, 0) is 6.54 Å². The molecule has 0 bridgehead atoms. The number of halogens is 1. The number of aromatic amines is 1. The number of hydrogen-bond donors (Lipinski definition) is 2. The lowest BCUT2D eigenvalue weighted by atomic mass is 9.83. The van der Waals surface area contributed by atoms with E-state index in [1.807, 2.05) is 6.07 Å². The van der Waals surface area contributed by atoms with Crippen LogP contribution in [0.15, 0.2) is 34.0 Å². The van der Waals surface area contributed by atoms with Crippen LogP contribution in [0.5, 0.6) is 0 Å². The molecule has 206 valence electrons. The zero-order valence-corrected chi connectivity index (χ0v) is 23.2. The fraction of sp³-hybridized carbons (Fsp3) is 0.536. The number of pyridine rings is 2. The first-order valence-electron chi connectivity index (χ1n) is 13.8. The van der Waals surface area contributed by atoms with E-state index in [0.717, 1.165) is 42.3 Å². The normalized spacial score (nSPS) is 23.8. The van der Waals surface area contributed by atoms with Crippen LogP contribution in [0.2, 0.25) is 5.02 Å². The smallest absolute Gasteiger partial charge is 0.391 e. The number of aromatic nitrogens is 6. The summed E-state index contributed by atoms with van der Waals surface area (Å²) in [5.74, 6) is 1.99. The molecule has 0 aromatic carbocycles. The predicted octanol–water partition coefficient (Wildman–Crippen LogP) is 4.91. The molecule has 11 heteroatoms. The minimum Gasteiger partial charge on any atom is -0.391 e. The Morgan fingerprint density at radius 2 is 2.00 bits per heavy atom. The Bertz CT molecular complexity index is 1540. The molecule has 0 unspecified atom stereocenters. The van der Waals surface area contributed by atoms with E-state index in [1.165, 1.54) is 12.8 Å². The maximum Gasteiger partial charge on any atom is 0.439 e. The van der Waals surface area contributed by atoms with E-state index in [-0.39, 0.29) is 11.9 Å². The summed E-state index contributed by atoms with van der Waals surface area (Å²) < 4.78 is 7.11. The van der Waals surface area contributed by atoms with Crippen LogP contribution < -0.4 is 10.7 Å². The van der Waals surface area contributed by atoms with Gasteiger partial charge in [-0.05, 0) is 43.1 Å². The molecule has 4 aromatic rings. The van der Waals surface area contributed by atoms with Gasteiger partial charge >= 0.3 is 5.76 Å². The first-order chi connectivity index (χ1) is 18.8. The van der Waals surface area contributed by atoms with Gasteiger partial charge in [-0.15, -0.1) is 0 Å². The Kier molecular flexibility index (Phi) is 6.93. The van der Waals surface area contributed by atoms with Crippen molar-refractivity contribution in [1.29, 1.82) is 0 Å². The minimum absolute atomic E-state index is 0.140. The van der Waals surface area contributed by atoms with Crippen LogP contribution in [0.1, 0.15) is 52.9 Å². The fourth-order valence-electron chi connectivity index (χ4n) is 6.26. The maximum absolute atomic E-state index is 11.9. The molecule has 0 amide bonds. The summed E-state index contributed by atoms with van der Waals surface area (Å²) in [5, 5.41) is 15.2. The van der Waals surface area contributed by atoms with Crippen LogP contribution in [0, 0.1) is 17.8 Å². The molecule has 1 saturated heterocycles. The van der Waals surface area contributed by atoms with Gasteiger partial charge in [0.1, 0.15) is 5.52 Å². The van der Waals surface area contributed by atoms with Crippen molar-refractivity contribution in [3.63, 3.8) is 0 Å². The SMILES string of the molecule is CC1CCC(Cn2c(N3C[C@H](O)C[C@H]3C(C)C)nc3c(-c4noc(=O)[nH]4)cnc(-c4cncc(Cl)c4)c32)CC1.